The standard InChI is InChI=1S/C13H18N2O/c1-3-12(8-9-14)15-10-11-6-4-5-7-13(11)16-2/h4-7,12,15H,3,8,10H2,1-2H3. The van der Waals surface area contributed by atoms with E-state index in [1.54, 1.807) is 7.11 Å². The van der Waals surface area contributed by atoms with Crippen molar-refractivity contribution in [2.75, 3.05) is 7.11 Å². The van der Waals surface area contributed by atoms with Crippen LogP contribution in [0.3, 0.4) is 0 Å². The highest BCUT2D eigenvalue weighted by atomic mass is 16.5. The van der Waals surface area contributed by atoms with Crippen LogP contribution in [-0.2, 0) is 6.54 Å². The van der Waals surface area contributed by atoms with Crippen LogP contribution in [0.25, 0.3) is 0 Å². The van der Waals surface area contributed by atoms with Crippen LogP contribution in [0.5, 0.6) is 5.75 Å². The molecule has 1 N–H and O–H groups in total. The maximum Gasteiger partial charge on any atom is 0.123 e. The second-order valence-electron chi connectivity index (χ2n) is 3.66. The van der Waals surface area contributed by atoms with Gasteiger partial charge in [-0.25, -0.2) is 0 Å². The smallest absolute Gasteiger partial charge is 0.123 e. The molecule has 0 aliphatic heterocycles. The molecule has 1 rings (SSSR count). The topological polar surface area (TPSA) is 45.0 Å². The fraction of sp³-hybridized carbons (Fsp3) is 0.462. The zero-order valence-electron chi connectivity index (χ0n) is 9.86. The van der Waals surface area contributed by atoms with Gasteiger partial charge in [0.25, 0.3) is 0 Å². The van der Waals surface area contributed by atoms with Crippen LogP contribution in [0.4, 0.5) is 0 Å². The monoisotopic (exact) mass is 218 g/mol. The van der Waals surface area contributed by atoms with E-state index in [4.69, 9.17) is 10.00 Å². The van der Waals surface area contributed by atoms with Crippen LogP contribution >= 0.6 is 0 Å². The first-order valence-corrected chi connectivity index (χ1v) is 5.54. The Bertz CT molecular complexity index is 357. The number of rotatable bonds is 6. The summed E-state index contributed by atoms with van der Waals surface area (Å²) in [5.74, 6) is 0.891. The Kier molecular flexibility index (Phi) is 5.38. The molecule has 0 aliphatic carbocycles. The van der Waals surface area contributed by atoms with E-state index in [-0.39, 0.29) is 6.04 Å². The number of nitriles is 1. The minimum atomic E-state index is 0.259. The lowest BCUT2D eigenvalue weighted by Gasteiger charge is -2.15. The summed E-state index contributed by atoms with van der Waals surface area (Å²) >= 11 is 0. The van der Waals surface area contributed by atoms with Gasteiger partial charge in [-0.05, 0) is 12.5 Å². The van der Waals surface area contributed by atoms with E-state index in [1.165, 1.54) is 0 Å². The molecule has 1 aromatic carbocycles. The molecule has 86 valence electrons. The fourth-order valence-corrected chi connectivity index (χ4v) is 1.57. The second-order valence-corrected chi connectivity index (χ2v) is 3.66. The quantitative estimate of drug-likeness (QED) is 0.797. The molecule has 1 unspecified atom stereocenters. The van der Waals surface area contributed by atoms with E-state index in [0.717, 1.165) is 24.3 Å². The van der Waals surface area contributed by atoms with Crippen molar-refractivity contribution in [2.45, 2.75) is 32.4 Å². The van der Waals surface area contributed by atoms with Crippen molar-refractivity contribution in [1.29, 1.82) is 5.26 Å². The highest BCUT2D eigenvalue weighted by molar-refractivity contribution is 5.33. The van der Waals surface area contributed by atoms with Gasteiger partial charge in [-0.1, -0.05) is 25.1 Å². The van der Waals surface area contributed by atoms with Crippen LogP contribution in [-0.4, -0.2) is 13.2 Å². The highest BCUT2D eigenvalue weighted by Gasteiger charge is 2.06. The lowest BCUT2D eigenvalue weighted by atomic mass is 10.1. The van der Waals surface area contributed by atoms with E-state index in [0.29, 0.717) is 6.42 Å². The summed E-state index contributed by atoms with van der Waals surface area (Å²) in [6.07, 6.45) is 1.51. The fourth-order valence-electron chi connectivity index (χ4n) is 1.57. The molecule has 3 heteroatoms. The Labute approximate surface area is 97.0 Å². The van der Waals surface area contributed by atoms with E-state index in [1.807, 2.05) is 24.3 Å². The number of hydrogen-bond acceptors (Lipinski definition) is 3. The molecular weight excluding hydrogens is 200 g/mol. The summed E-state index contributed by atoms with van der Waals surface area (Å²) in [7, 11) is 1.67. The molecule has 0 aliphatic rings. The zero-order chi connectivity index (χ0) is 11.8. The Morgan fingerprint density at radius 1 is 1.44 bits per heavy atom. The van der Waals surface area contributed by atoms with Crippen molar-refractivity contribution < 1.29 is 4.74 Å². The van der Waals surface area contributed by atoms with Crippen LogP contribution in [0.2, 0.25) is 0 Å². The normalized spacial score (nSPS) is 11.8. The van der Waals surface area contributed by atoms with Gasteiger partial charge >= 0.3 is 0 Å². The van der Waals surface area contributed by atoms with E-state index < -0.39 is 0 Å². The lowest BCUT2D eigenvalue weighted by molar-refractivity contribution is 0.404. The molecular formula is C13H18N2O. The molecule has 16 heavy (non-hydrogen) atoms. The van der Waals surface area contributed by atoms with Crippen LogP contribution in [0, 0.1) is 11.3 Å². The van der Waals surface area contributed by atoms with Gasteiger partial charge in [0, 0.05) is 18.2 Å². The molecule has 1 atom stereocenters. The van der Waals surface area contributed by atoms with Gasteiger partial charge in [0.05, 0.1) is 19.6 Å². The number of benzene rings is 1. The molecule has 0 fully saturated rings. The minimum Gasteiger partial charge on any atom is -0.496 e. The molecule has 0 bridgehead atoms. The van der Waals surface area contributed by atoms with Gasteiger partial charge in [0.2, 0.25) is 0 Å². The Morgan fingerprint density at radius 3 is 2.81 bits per heavy atom. The third-order valence-electron chi connectivity index (χ3n) is 2.60. The Balaban J connectivity index is 2.56. The van der Waals surface area contributed by atoms with Crippen molar-refractivity contribution >= 4 is 0 Å². The summed E-state index contributed by atoms with van der Waals surface area (Å²) < 4.78 is 5.27. The first-order valence-electron chi connectivity index (χ1n) is 5.54. The van der Waals surface area contributed by atoms with E-state index in [2.05, 4.69) is 18.3 Å². The third-order valence-corrected chi connectivity index (χ3v) is 2.60. The van der Waals surface area contributed by atoms with Crippen LogP contribution in [0.15, 0.2) is 24.3 Å². The second kappa shape index (κ2) is 6.86. The molecule has 1 aromatic rings. The first-order chi connectivity index (χ1) is 7.81. The van der Waals surface area contributed by atoms with Gasteiger partial charge in [0.15, 0.2) is 0 Å². The summed E-state index contributed by atoms with van der Waals surface area (Å²) in [4.78, 5) is 0. The lowest BCUT2D eigenvalue weighted by Crippen LogP contribution is -2.27. The highest BCUT2D eigenvalue weighted by Crippen LogP contribution is 2.17. The van der Waals surface area contributed by atoms with Crippen molar-refractivity contribution in [2.24, 2.45) is 0 Å². The maximum absolute atomic E-state index is 8.65. The third kappa shape index (κ3) is 3.56. The Morgan fingerprint density at radius 2 is 2.19 bits per heavy atom. The predicted octanol–water partition coefficient (Wildman–Crippen LogP) is 2.48. The van der Waals surface area contributed by atoms with Crippen molar-refractivity contribution in [3.63, 3.8) is 0 Å². The molecule has 3 nitrogen and oxygen atoms in total. The number of hydrogen-bond donors (Lipinski definition) is 1. The van der Waals surface area contributed by atoms with E-state index >= 15 is 0 Å². The molecule has 0 amide bonds. The van der Waals surface area contributed by atoms with Crippen LogP contribution < -0.4 is 10.1 Å². The number of ether oxygens (including phenoxy) is 1. The minimum absolute atomic E-state index is 0.259. The summed E-state index contributed by atoms with van der Waals surface area (Å²) in [6.45, 7) is 2.82. The molecule has 0 aromatic heterocycles. The van der Waals surface area contributed by atoms with Crippen molar-refractivity contribution in [3.8, 4) is 11.8 Å². The largest absolute Gasteiger partial charge is 0.496 e. The molecule has 0 heterocycles. The van der Waals surface area contributed by atoms with Gasteiger partial charge in [-0.3, -0.25) is 0 Å². The summed E-state index contributed by atoms with van der Waals surface area (Å²) in [5, 5.41) is 12.0. The zero-order valence-corrected chi connectivity index (χ0v) is 9.86. The number of methoxy groups -OCH3 is 1. The maximum atomic E-state index is 8.65. The van der Waals surface area contributed by atoms with Gasteiger partial charge < -0.3 is 10.1 Å². The average molecular weight is 218 g/mol. The van der Waals surface area contributed by atoms with Gasteiger partial charge in [-0.15, -0.1) is 0 Å². The summed E-state index contributed by atoms with van der Waals surface area (Å²) in [5.41, 5.74) is 1.13. The Hall–Kier alpha value is -1.53. The number of nitrogens with one attached hydrogen (secondary N) is 1. The van der Waals surface area contributed by atoms with Gasteiger partial charge in [-0.2, -0.15) is 5.26 Å². The predicted molar refractivity (Wildman–Crippen MR) is 64.1 cm³/mol. The average Bonchev–Trinajstić information content (AvgIpc) is 2.34. The van der Waals surface area contributed by atoms with Crippen LogP contribution in [0.1, 0.15) is 25.3 Å². The van der Waals surface area contributed by atoms with Crippen molar-refractivity contribution in [1.82, 2.24) is 5.32 Å². The number of nitrogens with zero attached hydrogens (tertiary/aromatic N) is 1. The molecule has 0 saturated heterocycles. The molecule has 0 spiro atoms. The van der Waals surface area contributed by atoms with E-state index in [9.17, 15) is 0 Å². The first kappa shape index (κ1) is 12.5. The van der Waals surface area contributed by atoms with Gasteiger partial charge in [0.1, 0.15) is 5.75 Å². The van der Waals surface area contributed by atoms with Crippen molar-refractivity contribution in [3.05, 3.63) is 29.8 Å². The molecule has 0 radical (unpaired) electrons. The SMILES string of the molecule is CCC(CC#N)NCc1ccccc1OC. The number of para-hydroxylation sites is 1. The molecule has 0 saturated carbocycles. The summed E-state index contributed by atoms with van der Waals surface area (Å²) in [6, 6.07) is 10.4.